The van der Waals surface area contributed by atoms with Crippen molar-refractivity contribution in [2.75, 3.05) is 26.2 Å². The normalized spacial score (nSPS) is 28.1. The first-order valence-corrected chi connectivity index (χ1v) is 11.6. The number of nitrogens with one attached hydrogen (secondary N) is 2. The van der Waals surface area contributed by atoms with Gasteiger partial charge in [0.15, 0.2) is 0 Å². The summed E-state index contributed by atoms with van der Waals surface area (Å²) < 4.78 is 0. The van der Waals surface area contributed by atoms with Crippen molar-refractivity contribution < 1.29 is 0 Å². The first kappa shape index (κ1) is 19.8. The zero-order chi connectivity index (χ0) is 19.5. The van der Waals surface area contributed by atoms with E-state index in [9.17, 15) is 0 Å². The van der Waals surface area contributed by atoms with Crippen LogP contribution >= 0.6 is 0 Å². The van der Waals surface area contributed by atoms with Crippen molar-refractivity contribution in [1.29, 1.82) is 0 Å². The third-order valence-corrected chi connectivity index (χ3v) is 6.57. The van der Waals surface area contributed by atoms with Crippen molar-refractivity contribution in [3.05, 3.63) is 0 Å². The fourth-order valence-corrected chi connectivity index (χ4v) is 4.46. The topological polar surface area (TPSA) is 73.5 Å². The van der Waals surface area contributed by atoms with Gasteiger partial charge < -0.3 is 10.6 Å². The minimum absolute atomic E-state index is 0.332. The average Bonchev–Trinajstić information content (AvgIpc) is 3.55. The molecular weight excluding hydrogens is 348 g/mol. The Morgan fingerprint density at radius 1 is 0.750 bits per heavy atom. The predicted molar refractivity (Wildman–Crippen MR) is 115 cm³/mol. The van der Waals surface area contributed by atoms with Gasteiger partial charge in [0.25, 0.3) is 0 Å². The van der Waals surface area contributed by atoms with Crippen LogP contribution in [0.25, 0.3) is 0 Å². The van der Waals surface area contributed by atoms with Gasteiger partial charge in [0.05, 0.1) is 0 Å². The van der Waals surface area contributed by atoms with Crippen molar-refractivity contribution in [3.8, 4) is 0 Å². The SMILES string of the molecule is CC(CC1CC1)(N=NC(C)(CC1CC1)C1=NCCCCN1)C1=NCCCCN1. The lowest BCUT2D eigenvalue weighted by molar-refractivity contribution is 0.432. The fourth-order valence-electron chi connectivity index (χ4n) is 4.46. The first-order chi connectivity index (χ1) is 13.6. The van der Waals surface area contributed by atoms with Gasteiger partial charge in [0.2, 0.25) is 0 Å². The monoisotopic (exact) mass is 386 g/mol. The largest absolute Gasteiger partial charge is 0.372 e. The molecule has 6 nitrogen and oxygen atoms in total. The molecule has 2 aliphatic carbocycles. The summed E-state index contributed by atoms with van der Waals surface area (Å²) in [5.74, 6) is 3.68. The molecule has 2 N–H and O–H groups in total. The fraction of sp³-hybridized carbons (Fsp3) is 0.909. The molecule has 2 unspecified atom stereocenters. The second-order valence-corrected chi connectivity index (χ2v) is 9.77. The molecule has 6 heteroatoms. The molecule has 2 atom stereocenters. The van der Waals surface area contributed by atoms with E-state index in [1.165, 1.54) is 38.5 Å². The minimum Gasteiger partial charge on any atom is -0.372 e. The highest BCUT2D eigenvalue weighted by atomic mass is 15.3. The van der Waals surface area contributed by atoms with Crippen LogP contribution in [0.4, 0.5) is 0 Å². The van der Waals surface area contributed by atoms with Crippen LogP contribution in [-0.4, -0.2) is 48.9 Å². The summed E-state index contributed by atoms with van der Waals surface area (Å²) in [6.07, 6.45) is 12.1. The number of rotatable bonds is 8. The zero-order valence-electron chi connectivity index (χ0n) is 17.8. The lowest BCUT2D eigenvalue weighted by Gasteiger charge is -2.31. The molecule has 0 spiro atoms. The third kappa shape index (κ3) is 5.12. The molecule has 4 aliphatic rings. The van der Waals surface area contributed by atoms with Crippen molar-refractivity contribution in [3.63, 3.8) is 0 Å². The maximum absolute atomic E-state index is 5.07. The molecule has 0 aromatic carbocycles. The standard InChI is InChI=1S/C22H38N6/c1-21(15-17-7-8-17,19-23-11-3-4-12-24-19)27-28-22(2,16-18-9-10-18)20-25-13-5-6-14-26-20/h17-18H,3-16H2,1-2H3,(H,23,24)(H,25,26). The lowest BCUT2D eigenvalue weighted by Crippen LogP contribution is -2.46. The Morgan fingerprint density at radius 3 is 1.57 bits per heavy atom. The number of aliphatic imine (C=N–C) groups is 2. The number of azo groups is 1. The Bertz CT molecular complexity index is 579. The van der Waals surface area contributed by atoms with E-state index in [0.717, 1.165) is 75.4 Å². The van der Waals surface area contributed by atoms with Crippen molar-refractivity contribution in [2.24, 2.45) is 32.0 Å². The van der Waals surface area contributed by atoms with Gasteiger partial charge in [-0.15, -0.1) is 0 Å². The molecule has 0 radical (unpaired) electrons. The van der Waals surface area contributed by atoms with Gasteiger partial charge in [-0.05, 0) is 64.2 Å². The zero-order valence-corrected chi connectivity index (χ0v) is 17.8. The van der Waals surface area contributed by atoms with Crippen LogP contribution in [0.5, 0.6) is 0 Å². The molecule has 156 valence electrons. The molecule has 0 aromatic heterocycles. The Hall–Kier alpha value is -1.46. The van der Waals surface area contributed by atoms with Crippen molar-refractivity contribution >= 4 is 11.7 Å². The first-order valence-electron chi connectivity index (χ1n) is 11.6. The summed E-state index contributed by atoms with van der Waals surface area (Å²) in [6.45, 7) is 8.31. The Labute approximate surface area is 170 Å². The van der Waals surface area contributed by atoms with E-state index in [1.54, 1.807) is 0 Å². The van der Waals surface area contributed by atoms with E-state index < -0.39 is 0 Å². The molecule has 0 bridgehead atoms. The molecule has 0 aromatic rings. The van der Waals surface area contributed by atoms with Gasteiger partial charge in [-0.1, -0.05) is 25.7 Å². The molecule has 2 heterocycles. The summed E-state index contributed by atoms with van der Waals surface area (Å²) in [7, 11) is 0. The second kappa shape index (κ2) is 8.50. The Morgan fingerprint density at radius 2 is 1.18 bits per heavy atom. The maximum Gasteiger partial charge on any atom is 0.136 e. The minimum atomic E-state index is -0.332. The summed E-state index contributed by atoms with van der Waals surface area (Å²) in [5.41, 5.74) is -0.663. The highest BCUT2D eigenvalue weighted by Gasteiger charge is 2.42. The molecular formula is C22H38N6. The van der Waals surface area contributed by atoms with Crippen molar-refractivity contribution in [1.82, 2.24) is 10.6 Å². The van der Waals surface area contributed by atoms with Crippen LogP contribution < -0.4 is 10.6 Å². The van der Waals surface area contributed by atoms with Crippen LogP contribution in [0, 0.1) is 11.8 Å². The molecule has 0 amide bonds. The van der Waals surface area contributed by atoms with E-state index >= 15 is 0 Å². The van der Waals surface area contributed by atoms with Gasteiger partial charge in [-0.2, -0.15) is 10.2 Å². The maximum atomic E-state index is 5.07. The summed E-state index contributed by atoms with van der Waals surface area (Å²) >= 11 is 0. The van der Waals surface area contributed by atoms with E-state index in [1.807, 2.05) is 0 Å². The number of hydrogen-bond acceptors (Lipinski definition) is 6. The van der Waals surface area contributed by atoms with Crippen LogP contribution in [0.3, 0.4) is 0 Å². The Balaban J connectivity index is 1.59. The van der Waals surface area contributed by atoms with Gasteiger partial charge in [-0.25, -0.2) is 0 Å². The van der Waals surface area contributed by atoms with E-state index in [0.29, 0.717) is 0 Å². The van der Waals surface area contributed by atoms with Crippen molar-refractivity contribution in [2.45, 2.75) is 89.1 Å². The van der Waals surface area contributed by atoms with Gasteiger partial charge in [0.1, 0.15) is 22.7 Å². The van der Waals surface area contributed by atoms with Gasteiger partial charge in [0, 0.05) is 26.2 Å². The average molecular weight is 387 g/mol. The number of amidine groups is 2. The van der Waals surface area contributed by atoms with Crippen LogP contribution in [0.1, 0.15) is 78.1 Å². The van der Waals surface area contributed by atoms with E-state index in [4.69, 9.17) is 20.2 Å². The van der Waals surface area contributed by atoms with Gasteiger partial charge in [-0.3, -0.25) is 9.98 Å². The number of hydrogen-bond donors (Lipinski definition) is 2. The summed E-state index contributed by atoms with van der Waals surface area (Å²) in [4.78, 5) is 9.77. The molecule has 2 saturated carbocycles. The highest BCUT2D eigenvalue weighted by Crippen LogP contribution is 2.41. The number of nitrogens with zero attached hydrogens (tertiary/aromatic N) is 4. The molecule has 28 heavy (non-hydrogen) atoms. The van der Waals surface area contributed by atoms with E-state index in [2.05, 4.69) is 24.5 Å². The third-order valence-electron chi connectivity index (χ3n) is 6.57. The molecule has 4 rings (SSSR count). The van der Waals surface area contributed by atoms with E-state index in [-0.39, 0.29) is 11.1 Å². The lowest BCUT2D eigenvalue weighted by atomic mass is 9.92. The molecule has 0 saturated heterocycles. The van der Waals surface area contributed by atoms with Crippen LogP contribution in [0.2, 0.25) is 0 Å². The second-order valence-electron chi connectivity index (χ2n) is 9.77. The smallest absolute Gasteiger partial charge is 0.136 e. The Kier molecular flexibility index (Phi) is 6.02. The predicted octanol–water partition coefficient (Wildman–Crippen LogP) is 4.12. The molecule has 2 aliphatic heterocycles. The quantitative estimate of drug-likeness (QED) is 0.616. The summed E-state index contributed by atoms with van der Waals surface area (Å²) in [6, 6.07) is 0. The highest BCUT2D eigenvalue weighted by molar-refractivity contribution is 5.92. The molecule has 2 fully saturated rings. The van der Waals surface area contributed by atoms with Gasteiger partial charge >= 0.3 is 0 Å². The summed E-state index contributed by atoms with van der Waals surface area (Å²) in [5, 5.41) is 17.3. The van der Waals surface area contributed by atoms with Crippen LogP contribution in [-0.2, 0) is 0 Å². The van der Waals surface area contributed by atoms with Crippen LogP contribution in [0.15, 0.2) is 20.2 Å².